The quantitative estimate of drug-likeness (QED) is 0.507. The number of carboxylic acids is 1. The Hall–Kier alpha value is -2.24. The summed E-state index contributed by atoms with van der Waals surface area (Å²) >= 11 is 0. The van der Waals surface area contributed by atoms with Crippen molar-refractivity contribution in [3.63, 3.8) is 0 Å². The van der Waals surface area contributed by atoms with Crippen molar-refractivity contribution in [2.24, 2.45) is 11.8 Å². The second-order valence-electron chi connectivity index (χ2n) is 5.15. The predicted octanol–water partition coefficient (Wildman–Crippen LogP) is 2.67. The molecule has 6 heteroatoms. The molecule has 2 rings (SSSR count). The van der Waals surface area contributed by atoms with Gasteiger partial charge < -0.3 is 5.11 Å². The average Bonchev–Trinajstić information content (AvgIpc) is 2.87. The van der Waals surface area contributed by atoms with E-state index in [2.05, 4.69) is 0 Å². The lowest BCUT2D eigenvalue weighted by Crippen LogP contribution is -2.11. The van der Waals surface area contributed by atoms with Gasteiger partial charge >= 0.3 is 5.97 Å². The molecule has 0 bridgehead atoms. The zero-order chi connectivity index (χ0) is 14.7. The van der Waals surface area contributed by atoms with Crippen molar-refractivity contribution >= 4 is 17.4 Å². The van der Waals surface area contributed by atoms with Crippen LogP contribution in [0.15, 0.2) is 24.3 Å². The second-order valence-corrected chi connectivity index (χ2v) is 5.15. The van der Waals surface area contributed by atoms with Crippen LogP contribution < -0.4 is 0 Å². The number of nitrogens with zero attached hydrogens (tertiary/aromatic N) is 1. The van der Waals surface area contributed by atoms with Gasteiger partial charge in [-0.3, -0.25) is 19.7 Å². The maximum Gasteiger partial charge on any atom is 0.306 e. The molecule has 20 heavy (non-hydrogen) atoms. The number of aliphatic carboxylic acids is 1. The fourth-order valence-corrected chi connectivity index (χ4v) is 2.66. The fraction of sp³-hybridized carbons (Fsp3) is 0.429. The van der Waals surface area contributed by atoms with Gasteiger partial charge in [0.2, 0.25) is 0 Å². The fourth-order valence-electron chi connectivity index (χ4n) is 2.66. The molecule has 1 saturated carbocycles. The number of nitro groups is 1. The van der Waals surface area contributed by atoms with Gasteiger partial charge in [0.1, 0.15) is 0 Å². The van der Waals surface area contributed by atoms with Gasteiger partial charge in [0.15, 0.2) is 5.78 Å². The molecular formula is C14H15NO5. The van der Waals surface area contributed by atoms with Crippen LogP contribution in [0.5, 0.6) is 0 Å². The van der Waals surface area contributed by atoms with Crippen LogP contribution in [0.3, 0.4) is 0 Å². The third-order valence-corrected chi connectivity index (χ3v) is 3.74. The lowest BCUT2D eigenvalue weighted by molar-refractivity contribution is -0.384. The van der Waals surface area contributed by atoms with E-state index in [9.17, 15) is 19.7 Å². The van der Waals surface area contributed by atoms with Crippen LogP contribution in [0.4, 0.5) is 5.69 Å². The van der Waals surface area contributed by atoms with Crippen LogP contribution in [0.1, 0.15) is 36.0 Å². The van der Waals surface area contributed by atoms with E-state index in [4.69, 9.17) is 5.11 Å². The second kappa shape index (κ2) is 5.81. The Kier molecular flexibility index (Phi) is 4.12. The Bertz CT molecular complexity index is 554. The largest absolute Gasteiger partial charge is 0.481 e. The molecule has 1 aromatic rings. The number of carbonyl (C=O) groups is 2. The molecule has 0 spiro atoms. The maximum atomic E-state index is 12.1. The van der Waals surface area contributed by atoms with Gasteiger partial charge in [-0.1, -0.05) is 12.1 Å². The van der Waals surface area contributed by atoms with E-state index in [1.54, 1.807) is 6.07 Å². The number of carbonyl (C=O) groups excluding carboxylic acids is 1. The first-order valence-corrected chi connectivity index (χ1v) is 6.48. The average molecular weight is 277 g/mol. The summed E-state index contributed by atoms with van der Waals surface area (Å²) in [5.74, 6) is -1.28. The highest BCUT2D eigenvalue weighted by Gasteiger charge is 2.31. The molecule has 106 valence electrons. The Morgan fingerprint density at radius 3 is 2.70 bits per heavy atom. The molecule has 1 N–H and O–H groups in total. The maximum absolute atomic E-state index is 12.1. The van der Waals surface area contributed by atoms with Crippen LogP contribution >= 0.6 is 0 Å². The third kappa shape index (κ3) is 3.20. The van der Waals surface area contributed by atoms with Crippen molar-refractivity contribution in [1.82, 2.24) is 0 Å². The first-order chi connectivity index (χ1) is 9.47. The molecule has 2 atom stereocenters. The summed E-state index contributed by atoms with van der Waals surface area (Å²) < 4.78 is 0. The number of hydrogen-bond acceptors (Lipinski definition) is 4. The number of ketones is 1. The monoisotopic (exact) mass is 277 g/mol. The van der Waals surface area contributed by atoms with E-state index in [0.717, 1.165) is 6.42 Å². The number of carboxylic acid groups (broad SMARTS) is 1. The lowest BCUT2D eigenvalue weighted by Gasteiger charge is -2.08. The lowest BCUT2D eigenvalue weighted by atomic mass is 9.96. The Morgan fingerprint density at radius 1 is 1.35 bits per heavy atom. The normalized spacial score (nSPS) is 21.6. The summed E-state index contributed by atoms with van der Waals surface area (Å²) in [4.78, 5) is 33.1. The van der Waals surface area contributed by atoms with Gasteiger partial charge in [0.05, 0.1) is 10.8 Å². The van der Waals surface area contributed by atoms with Gasteiger partial charge in [-0.2, -0.15) is 0 Å². The van der Waals surface area contributed by atoms with Crippen LogP contribution in [0.25, 0.3) is 0 Å². The SMILES string of the molecule is O=C(C[C@H]1CC[C@@H](C(=O)O)C1)c1cccc([N+](=O)[O-])c1. The molecule has 0 heterocycles. The number of nitro benzene ring substituents is 1. The van der Waals surface area contributed by atoms with Crippen molar-refractivity contribution < 1.29 is 19.6 Å². The molecule has 0 radical (unpaired) electrons. The summed E-state index contributed by atoms with van der Waals surface area (Å²) in [5.41, 5.74) is 0.212. The summed E-state index contributed by atoms with van der Waals surface area (Å²) in [6, 6.07) is 5.65. The molecule has 1 aromatic carbocycles. The Morgan fingerprint density at radius 2 is 2.10 bits per heavy atom. The zero-order valence-corrected chi connectivity index (χ0v) is 10.8. The van der Waals surface area contributed by atoms with Gasteiger partial charge in [-0.25, -0.2) is 0 Å². The molecule has 0 amide bonds. The van der Waals surface area contributed by atoms with Crippen LogP contribution in [0.2, 0.25) is 0 Å². The molecule has 0 aliphatic heterocycles. The number of non-ortho nitro benzene ring substituents is 1. The van der Waals surface area contributed by atoms with E-state index < -0.39 is 10.9 Å². The zero-order valence-electron chi connectivity index (χ0n) is 10.8. The molecule has 6 nitrogen and oxygen atoms in total. The van der Waals surface area contributed by atoms with Crippen LogP contribution in [-0.4, -0.2) is 21.8 Å². The van der Waals surface area contributed by atoms with E-state index in [-0.39, 0.29) is 29.7 Å². The standard InChI is InChI=1S/C14H15NO5/c16-13(7-9-4-5-11(6-9)14(17)18)10-2-1-3-12(8-10)15(19)20/h1-3,8-9,11H,4-7H2,(H,17,18)/t9-,11+/m0/s1. The molecule has 1 aliphatic carbocycles. The van der Waals surface area contributed by atoms with Crippen molar-refractivity contribution in [3.05, 3.63) is 39.9 Å². The van der Waals surface area contributed by atoms with Gasteiger partial charge in [0, 0.05) is 24.1 Å². The summed E-state index contributed by atoms with van der Waals surface area (Å²) in [6.45, 7) is 0. The first kappa shape index (κ1) is 14.2. The minimum Gasteiger partial charge on any atom is -0.481 e. The highest BCUT2D eigenvalue weighted by Crippen LogP contribution is 2.34. The van der Waals surface area contributed by atoms with E-state index in [1.807, 2.05) is 0 Å². The molecule has 0 unspecified atom stereocenters. The van der Waals surface area contributed by atoms with Gasteiger partial charge in [-0.05, 0) is 25.2 Å². The Balaban J connectivity index is 2.00. The molecule has 1 aliphatic rings. The van der Waals surface area contributed by atoms with Crippen molar-refractivity contribution in [1.29, 1.82) is 0 Å². The number of hydrogen-bond donors (Lipinski definition) is 1. The molecular weight excluding hydrogens is 262 g/mol. The molecule has 0 saturated heterocycles. The summed E-state index contributed by atoms with van der Waals surface area (Å²) in [5, 5.41) is 19.6. The van der Waals surface area contributed by atoms with Crippen LogP contribution in [0, 0.1) is 22.0 Å². The van der Waals surface area contributed by atoms with E-state index >= 15 is 0 Å². The highest BCUT2D eigenvalue weighted by atomic mass is 16.6. The van der Waals surface area contributed by atoms with Crippen molar-refractivity contribution in [2.75, 3.05) is 0 Å². The number of benzene rings is 1. The van der Waals surface area contributed by atoms with E-state index in [0.29, 0.717) is 18.4 Å². The smallest absolute Gasteiger partial charge is 0.306 e. The highest BCUT2D eigenvalue weighted by molar-refractivity contribution is 5.96. The minimum absolute atomic E-state index is 0.0582. The number of Topliss-reactive ketones (excluding diaryl/α,β-unsaturated/α-hetero) is 1. The predicted molar refractivity (Wildman–Crippen MR) is 70.5 cm³/mol. The molecule has 1 fully saturated rings. The molecule has 0 aromatic heterocycles. The van der Waals surface area contributed by atoms with Crippen LogP contribution in [-0.2, 0) is 4.79 Å². The third-order valence-electron chi connectivity index (χ3n) is 3.74. The van der Waals surface area contributed by atoms with Gasteiger partial charge in [-0.15, -0.1) is 0 Å². The Labute approximate surface area is 115 Å². The summed E-state index contributed by atoms with van der Waals surface area (Å²) in [7, 11) is 0. The summed E-state index contributed by atoms with van der Waals surface area (Å²) in [6.07, 6.45) is 2.08. The minimum atomic E-state index is -0.810. The van der Waals surface area contributed by atoms with Gasteiger partial charge in [0.25, 0.3) is 5.69 Å². The first-order valence-electron chi connectivity index (χ1n) is 6.48. The van der Waals surface area contributed by atoms with Crippen molar-refractivity contribution in [2.45, 2.75) is 25.7 Å². The number of rotatable bonds is 5. The van der Waals surface area contributed by atoms with Crippen molar-refractivity contribution in [3.8, 4) is 0 Å². The topological polar surface area (TPSA) is 97.5 Å². The van der Waals surface area contributed by atoms with E-state index in [1.165, 1.54) is 18.2 Å².